The molecule has 0 aliphatic rings. The van der Waals surface area contributed by atoms with Crippen molar-refractivity contribution in [1.82, 2.24) is 15.0 Å². The van der Waals surface area contributed by atoms with Gasteiger partial charge in [0.15, 0.2) is 0 Å². The zero-order valence-corrected chi connectivity index (χ0v) is 10.6. The van der Waals surface area contributed by atoms with Crippen molar-refractivity contribution >= 4 is 17.5 Å². The molecule has 1 aromatic rings. The Labute approximate surface area is 107 Å². The van der Waals surface area contributed by atoms with E-state index in [9.17, 15) is 13.2 Å². The second-order valence-corrected chi connectivity index (χ2v) is 3.77. The average Bonchev–Trinajstić information content (AvgIpc) is 2.26. The summed E-state index contributed by atoms with van der Waals surface area (Å²) in [6.45, 7) is 0.761. The Morgan fingerprint density at radius 1 is 1.28 bits per heavy atom. The number of aromatic nitrogens is 3. The number of halogens is 4. The molecular formula is C9H12ClF3N4O. The number of rotatable bonds is 5. The van der Waals surface area contributed by atoms with Crippen LogP contribution in [0.25, 0.3) is 0 Å². The highest BCUT2D eigenvalue weighted by molar-refractivity contribution is 6.28. The normalized spacial score (nSPS) is 11.4. The largest absolute Gasteiger partial charge is 0.467 e. The lowest BCUT2D eigenvalue weighted by atomic mass is 10.4. The molecule has 9 heteroatoms. The summed E-state index contributed by atoms with van der Waals surface area (Å²) in [5.41, 5.74) is 0. The monoisotopic (exact) mass is 284 g/mol. The molecule has 1 aromatic heterocycles. The summed E-state index contributed by atoms with van der Waals surface area (Å²) in [5, 5.41) is -0.208. The first kappa shape index (κ1) is 14.7. The summed E-state index contributed by atoms with van der Waals surface area (Å²) in [6, 6.07) is -0.117. The second-order valence-electron chi connectivity index (χ2n) is 3.43. The minimum atomic E-state index is -4.35. The van der Waals surface area contributed by atoms with Crippen LogP contribution in [0.3, 0.4) is 0 Å². The molecule has 1 heterocycles. The molecule has 0 fully saturated rings. The molecule has 0 spiro atoms. The molecule has 0 bridgehead atoms. The summed E-state index contributed by atoms with van der Waals surface area (Å²) < 4.78 is 42.0. The van der Waals surface area contributed by atoms with Crippen LogP contribution in [0.5, 0.6) is 6.01 Å². The van der Waals surface area contributed by atoms with Crippen molar-refractivity contribution in [3.8, 4) is 6.01 Å². The van der Waals surface area contributed by atoms with Gasteiger partial charge in [0.1, 0.15) is 6.54 Å². The molecule has 5 nitrogen and oxygen atoms in total. The number of alkyl halides is 3. The van der Waals surface area contributed by atoms with Crippen molar-refractivity contribution in [1.29, 1.82) is 0 Å². The number of nitrogens with zero attached hydrogens (tertiary/aromatic N) is 4. The Hall–Kier alpha value is -1.31. The van der Waals surface area contributed by atoms with Gasteiger partial charge in [-0.1, -0.05) is 6.92 Å². The highest BCUT2D eigenvalue weighted by Gasteiger charge is 2.32. The number of ether oxygens (including phenoxy) is 1. The third kappa shape index (κ3) is 4.52. The molecule has 0 unspecified atom stereocenters. The van der Waals surface area contributed by atoms with Crippen molar-refractivity contribution in [3.63, 3.8) is 0 Å². The second kappa shape index (κ2) is 6.03. The van der Waals surface area contributed by atoms with Crippen LogP contribution in [0.15, 0.2) is 0 Å². The van der Waals surface area contributed by atoms with Crippen LogP contribution in [0.1, 0.15) is 13.3 Å². The highest BCUT2D eigenvalue weighted by Crippen LogP contribution is 2.21. The Kier molecular flexibility index (Phi) is 4.94. The van der Waals surface area contributed by atoms with E-state index in [-0.39, 0.29) is 23.8 Å². The van der Waals surface area contributed by atoms with Gasteiger partial charge in [0.25, 0.3) is 0 Å². The molecule has 18 heavy (non-hydrogen) atoms. The number of anilines is 1. The van der Waals surface area contributed by atoms with E-state index in [0.29, 0.717) is 6.42 Å². The molecule has 0 aliphatic carbocycles. The fourth-order valence-electron chi connectivity index (χ4n) is 1.29. The summed E-state index contributed by atoms with van der Waals surface area (Å²) >= 11 is 5.59. The fourth-order valence-corrected chi connectivity index (χ4v) is 1.44. The van der Waals surface area contributed by atoms with Gasteiger partial charge in [-0.25, -0.2) is 0 Å². The first-order valence-corrected chi connectivity index (χ1v) is 5.50. The Bertz CT molecular complexity index is 402. The summed E-state index contributed by atoms with van der Waals surface area (Å²) in [7, 11) is 1.30. The first-order chi connectivity index (χ1) is 8.35. The number of hydrogen-bond acceptors (Lipinski definition) is 5. The predicted octanol–water partition coefficient (Wildman–Crippen LogP) is 2.31. The van der Waals surface area contributed by atoms with Crippen LogP contribution in [0, 0.1) is 0 Å². The van der Waals surface area contributed by atoms with Gasteiger partial charge in [0, 0.05) is 6.54 Å². The van der Waals surface area contributed by atoms with Crippen LogP contribution in [-0.4, -0.2) is 41.3 Å². The molecule has 0 radical (unpaired) electrons. The topological polar surface area (TPSA) is 51.1 Å². The van der Waals surface area contributed by atoms with Gasteiger partial charge in [-0.05, 0) is 18.0 Å². The smallest absolute Gasteiger partial charge is 0.406 e. The maximum absolute atomic E-state index is 12.4. The summed E-state index contributed by atoms with van der Waals surface area (Å²) in [6.07, 6.45) is -3.83. The standard InChI is InChI=1S/C9H12ClF3N4O/c1-3-4-17(5-9(11,12)13)7-14-6(10)15-8(16-7)18-2/h3-5H2,1-2H3. The van der Waals surface area contributed by atoms with Crippen LogP contribution >= 0.6 is 11.6 Å². The van der Waals surface area contributed by atoms with Crippen molar-refractivity contribution < 1.29 is 17.9 Å². The highest BCUT2D eigenvalue weighted by atomic mass is 35.5. The van der Waals surface area contributed by atoms with E-state index in [1.807, 2.05) is 0 Å². The van der Waals surface area contributed by atoms with Crippen molar-refractivity contribution in [2.75, 3.05) is 25.1 Å². The van der Waals surface area contributed by atoms with Crippen LogP contribution in [0.4, 0.5) is 19.1 Å². The van der Waals surface area contributed by atoms with E-state index in [1.54, 1.807) is 6.92 Å². The minimum Gasteiger partial charge on any atom is -0.467 e. The molecule has 102 valence electrons. The Morgan fingerprint density at radius 2 is 1.94 bits per heavy atom. The van der Waals surface area contributed by atoms with Crippen molar-refractivity contribution in [2.45, 2.75) is 19.5 Å². The molecular weight excluding hydrogens is 273 g/mol. The van der Waals surface area contributed by atoms with E-state index < -0.39 is 12.7 Å². The third-order valence-electron chi connectivity index (χ3n) is 1.90. The van der Waals surface area contributed by atoms with E-state index in [0.717, 1.165) is 4.90 Å². The Morgan fingerprint density at radius 3 is 2.44 bits per heavy atom. The van der Waals surface area contributed by atoms with E-state index >= 15 is 0 Å². The van der Waals surface area contributed by atoms with Gasteiger partial charge in [-0.2, -0.15) is 28.1 Å². The third-order valence-corrected chi connectivity index (χ3v) is 2.07. The van der Waals surface area contributed by atoms with Gasteiger partial charge in [-0.3, -0.25) is 0 Å². The molecule has 0 aromatic carbocycles. The SMILES string of the molecule is CCCN(CC(F)(F)F)c1nc(Cl)nc(OC)n1. The van der Waals surface area contributed by atoms with Crippen molar-refractivity contribution in [2.24, 2.45) is 0 Å². The molecule has 0 N–H and O–H groups in total. The lowest BCUT2D eigenvalue weighted by Gasteiger charge is -2.23. The van der Waals surface area contributed by atoms with Gasteiger partial charge in [0.2, 0.25) is 11.2 Å². The Balaban J connectivity index is 3.01. The van der Waals surface area contributed by atoms with Crippen LogP contribution in [0.2, 0.25) is 5.28 Å². The molecule has 0 atom stereocenters. The fraction of sp³-hybridized carbons (Fsp3) is 0.667. The maximum atomic E-state index is 12.4. The quantitative estimate of drug-likeness (QED) is 0.830. The molecule has 0 aliphatic heterocycles. The maximum Gasteiger partial charge on any atom is 0.406 e. The van der Waals surface area contributed by atoms with Crippen LogP contribution in [-0.2, 0) is 0 Å². The first-order valence-electron chi connectivity index (χ1n) is 5.13. The summed E-state index contributed by atoms with van der Waals surface area (Å²) in [5.74, 6) is -0.147. The zero-order chi connectivity index (χ0) is 13.8. The minimum absolute atomic E-state index is 0.117. The van der Waals surface area contributed by atoms with Gasteiger partial charge < -0.3 is 9.64 Å². The van der Waals surface area contributed by atoms with Crippen LogP contribution < -0.4 is 9.64 Å². The molecule has 0 saturated carbocycles. The van der Waals surface area contributed by atoms with Crippen molar-refractivity contribution in [3.05, 3.63) is 5.28 Å². The van der Waals surface area contributed by atoms with Gasteiger partial charge in [0.05, 0.1) is 7.11 Å². The number of methoxy groups -OCH3 is 1. The molecule has 0 saturated heterocycles. The van der Waals surface area contributed by atoms with Gasteiger partial charge in [-0.15, -0.1) is 0 Å². The predicted molar refractivity (Wildman–Crippen MR) is 59.9 cm³/mol. The molecule has 1 rings (SSSR count). The van der Waals surface area contributed by atoms with E-state index in [2.05, 4.69) is 15.0 Å². The van der Waals surface area contributed by atoms with E-state index in [1.165, 1.54) is 7.11 Å². The lowest BCUT2D eigenvalue weighted by molar-refractivity contribution is -0.119. The average molecular weight is 285 g/mol. The molecule has 0 amide bonds. The number of hydrogen-bond donors (Lipinski definition) is 0. The lowest BCUT2D eigenvalue weighted by Crippen LogP contribution is -2.36. The summed E-state index contributed by atoms with van der Waals surface area (Å²) in [4.78, 5) is 12.0. The van der Waals surface area contributed by atoms with Gasteiger partial charge >= 0.3 is 12.2 Å². The zero-order valence-electron chi connectivity index (χ0n) is 9.83. The van der Waals surface area contributed by atoms with E-state index in [4.69, 9.17) is 16.3 Å².